The van der Waals surface area contributed by atoms with Crippen molar-refractivity contribution in [2.24, 2.45) is 5.41 Å². The molecule has 1 aromatic rings. The summed E-state index contributed by atoms with van der Waals surface area (Å²) in [5, 5.41) is 0. The minimum absolute atomic E-state index is 0.144. The third-order valence-corrected chi connectivity index (χ3v) is 4.31. The van der Waals surface area contributed by atoms with Crippen LogP contribution in [0.25, 0.3) is 0 Å². The number of hydrogen-bond acceptors (Lipinski definition) is 2. The number of nitrogens with zero attached hydrogens (tertiary/aromatic N) is 1. The Labute approximate surface area is 128 Å². The van der Waals surface area contributed by atoms with E-state index in [1.807, 2.05) is 43.0 Å². The Balaban J connectivity index is 1.91. The highest BCUT2D eigenvalue weighted by atomic mass is 79.9. The Bertz CT molecular complexity index is 525. The average molecular weight is 338 g/mol. The molecule has 4 heteroatoms. The predicted molar refractivity (Wildman–Crippen MR) is 82.4 cm³/mol. The van der Waals surface area contributed by atoms with E-state index in [2.05, 4.69) is 15.9 Å². The van der Waals surface area contributed by atoms with Gasteiger partial charge in [0.15, 0.2) is 0 Å². The van der Waals surface area contributed by atoms with Crippen molar-refractivity contribution in [1.29, 1.82) is 0 Å². The second-order valence-electron chi connectivity index (χ2n) is 6.00. The Morgan fingerprint density at radius 3 is 2.80 bits per heavy atom. The molecule has 1 aliphatic rings. The number of piperidine rings is 1. The van der Waals surface area contributed by atoms with Crippen molar-refractivity contribution in [3.05, 3.63) is 34.3 Å². The summed E-state index contributed by atoms with van der Waals surface area (Å²) in [6, 6.07) is 8.02. The lowest BCUT2D eigenvalue weighted by Gasteiger charge is -2.36. The summed E-state index contributed by atoms with van der Waals surface area (Å²) in [4.78, 5) is 25.8. The first-order valence-electron chi connectivity index (χ1n) is 6.94. The maximum Gasteiger partial charge on any atom is 0.222 e. The normalized spacial score (nSPS) is 18.1. The van der Waals surface area contributed by atoms with Crippen LogP contribution in [0.15, 0.2) is 28.7 Å². The van der Waals surface area contributed by atoms with Gasteiger partial charge in [-0.1, -0.05) is 41.9 Å². The molecule has 0 unspecified atom stereocenters. The summed E-state index contributed by atoms with van der Waals surface area (Å²) in [5.74, 6) is 0.402. The van der Waals surface area contributed by atoms with Crippen LogP contribution in [0.1, 0.15) is 32.3 Å². The molecule has 108 valence electrons. The van der Waals surface area contributed by atoms with Gasteiger partial charge < -0.3 is 4.90 Å². The van der Waals surface area contributed by atoms with Crippen LogP contribution in [0.4, 0.5) is 0 Å². The zero-order valence-corrected chi connectivity index (χ0v) is 13.6. The lowest BCUT2D eigenvalue weighted by Crippen LogP contribution is -2.48. The van der Waals surface area contributed by atoms with Crippen LogP contribution >= 0.6 is 15.9 Å². The first-order valence-corrected chi connectivity index (χ1v) is 7.73. The van der Waals surface area contributed by atoms with Crippen molar-refractivity contribution in [3.63, 3.8) is 0 Å². The quantitative estimate of drug-likeness (QED) is 0.849. The highest BCUT2D eigenvalue weighted by Gasteiger charge is 2.35. The summed E-state index contributed by atoms with van der Waals surface area (Å²) < 4.78 is 1.03. The number of ketones is 1. The molecule has 0 atom stereocenters. The lowest BCUT2D eigenvalue weighted by molar-refractivity contribution is -0.140. The van der Waals surface area contributed by atoms with Gasteiger partial charge in [-0.15, -0.1) is 0 Å². The van der Waals surface area contributed by atoms with E-state index >= 15 is 0 Å². The average Bonchev–Trinajstić information content (AvgIpc) is 2.39. The minimum atomic E-state index is -0.399. The molecule has 2 rings (SSSR count). The summed E-state index contributed by atoms with van der Waals surface area (Å²) in [7, 11) is 0. The molecule has 0 N–H and O–H groups in total. The molecule has 1 aliphatic heterocycles. The zero-order valence-electron chi connectivity index (χ0n) is 12.0. The van der Waals surface area contributed by atoms with Gasteiger partial charge in [-0.2, -0.15) is 0 Å². The van der Waals surface area contributed by atoms with E-state index in [9.17, 15) is 9.59 Å². The number of Topliss-reactive ketones (excluding diaryl/α,β-unsaturated/α-hetero) is 1. The van der Waals surface area contributed by atoms with E-state index in [0.717, 1.165) is 16.5 Å². The predicted octanol–water partition coefficient (Wildman–Crippen LogP) is 3.21. The van der Waals surface area contributed by atoms with Gasteiger partial charge in [0.1, 0.15) is 5.78 Å². The van der Waals surface area contributed by atoms with Gasteiger partial charge in [0.05, 0.1) is 0 Å². The SMILES string of the molecule is CC1(C)CN(C(=O)CCc2cccc(Br)c2)CCC1=O. The first kappa shape index (κ1) is 15.2. The first-order chi connectivity index (χ1) is 9.38. The topological polar surface area (TPSA) is 37.4 Å². The molecule has 20 heavy (non-hydrogen) atoms. The molecule has 0 radical (unpaired) electrons. The molecule has 1 fully saturated rings. The van der Waals surface area contributed by atoms with Crippen molar-refractivity contribution in [3.8, 4) is 0 Å². The highest BCUT2D eigenvalue weighted by molar-refractivity contribution is 9.10. The Kier molecular flexibility index (Phi) is 4.63. The molecule has 1 amide bonds. The number of halogens is 1. The van der Waals surface area contributed by atoms with Crippen molar-refractivity contribution in [2.75, 3.05) is 13.1 Å². The van der Waals surface area contributed by atoms with Gasteiger partial charge in [0.2, 0.25) is 5.91 Å². The second kappa shape index (κ2) is 6.08. The van der Waals surface area contributed by atoms with Gasteiger partial charge in [-0.05, 0) is 24.1 Å². The number of aryl methyl sites for hydroxylation is 1. The van der Waals surface area contributed by atoms with Crippen LogP contribution in [0.2, 0.25) is 0 Å². The second-order valence-corrected chi connectivity index (χ2v) is 6.92. The van der Waals surface area contributed by atoms with Crippen LogP contribution in [-0.2, 0) is 16.0 Å². The number of carbonyl (C=O) groups is 2. The third kappa shape index (κ3) is 3.69. The van der Waals surface area contributed by atoms with Gasteiger partial charge >= 0.3 is 0 Å². The van der Waals surface area contributed by atoms with Crippen LogP contribution in [-0.4, -0.2) is 29.7 Å². The maximum atomic E-state index is 12.3. The Morgan fingerprint density at radius 1 is 1.40 bits per heavy atom. The molecule has 0 spiro atoms. The van der Waals surface area contributed by atoms with Crippen LogP contribution in [0, 0.1) is 5.41 Å². The van der Waals surface area contributed by atoms with E-state index in [-0.39, 0.29) is 11.7 Å². The van der Waals surface area contributed by atoms with Gasteiger partial charge in [0, 0.05) is 35.8 Å². The zero-order chi connectivity index (χ0) is 14.8. The molecule has 0 aromatic heterocycles. The standard InChI is InChI=1S/C16H20BrNO2/c1-16(2)11-18(9-8-14(16)19)15(20)7-6-12-4-3-5-13(17)10-12/h3-5,10H,6-9,11H2,1-2H3. The van der Waals surface area contributed by atoms with Gasteiger partial charge in [-0.3, -0.25) is 9.59 Å². The molecule has 1 aromatic carbocycles. The fraction of sp³-hybridized carbons (Fsp3) is 0.500. The summed E-state index contributed by atoms with van der Waals surface area (Å²) in [6.45, 7) is 4.95. The van der Waals surface area contributed by atoms with Crippen LogP contribution in [0.3, 0.4) is 0 Å². The molecule has 0 saturated carbocycles. The van der Waals surface area contributed by atoms with E-state index < -0.39 is 5.41 Å². The van der Waals surface area contributed by atoms with Gasteiger partial charge in [-0.25, -0.2) is 0 Å². The minimum Gasteiger partial charge on any atom is -0.341 e. The van der Waals surface area contributed by atoms with E-state index in [0.29, 0.717) is 25.9 Å². The Morgan fingerprint density at radius 2 is 2.15 bits per heavy atom. The third-order valence-electron chi connectivity index (χ3n) is 3.82. The molecule has 1 saturated heterocycles. The summed E-state index contributed by atoms with van der Waals surface area (Å²) in [5.41, 5.74) is 0.754. The number of rotatable bonds is 3. The molecule has 1 heterocycles. The summed E-state index contributed by atoms with van der Waals surface area (Å²) >= 11 is 3.43. The Hall–Kier alpha value is -1.16. The number of likely N-dealkylation sites (tertiary alicyclic amines) is 1. The van der Waals surface area contributed by atoms with E-state index in [4.69, 9.17) is 0 Å². The monoisotopic (exact) mass is 337 g/mol. The maximum absolute atomic E-state index is 12.3. The van der Waals surface area contributed by atoms with Crippen molar-refractivity contribution in [2.45, 2.75) is 33.1 Å². The number of carbonyl (C=O) groups excluding carboxylic acids is 2. The van der Waals surface area contributed by atoms with Gasteiger partial charge in [0.25, 0.3) is 0 Å². The van der Waals surface area contributed by atoms with Crippen LogP contribution < -0.4 is 0 Å². The number of hydrogen-bond donors (Lipinski definition) is 0. The van der Waals surface area contributed by atoms with E-state index in [1.54, 1.807) is 0 Å². The fourth-order valence-corrected chi connectivity index (χ4v) is 2.98. The smallest absolute Gasteiger partial charge is 0.222 e. The highest BCUT2D eigenvalue weighted by Crippen LogP contribution is 2.25. The molecular formula is C16H20BrNO2. The molecule has 0 bridgehead atoms. The van der Waals surface area contributed by atoms with Crippen LogP contribution in [0.5, 0.6) is 0 Å². The van der Waals surface area contributed by atoms with Crippen molar-refractivity contribution in [1.82, 2.24) is 4.90 Å². The summed E-state index contributed by atoms with van der Waals surface area (Å²) in [6.07, 6.45) is 1.72. The molecule has 3 nitrogen and oxygen atoms in total. The van der Waals surface area contributed by atoms with Crippen molar-refractivity contribution >= 4 is 27.6 Å². The molecular weight excluding hydrogens is 318 g/mol. The number of amides is 1. The fourth-order valence-electron chi connectivity index (χ4n) is 2.53. The number of benzene rings is 1. The van der Waals surface area contributed by atoms with Crippen molar-refractivity contribution < 1.29 is 9.59 Å². The largest absolute Gasteiger partial charge is 0.341 e. The van der Waals surface area contributed by atoms with E-state index in [1.165, 1.54) is 0 Å². The lowest BCUT2D eigenvalue weighted by atomic mass is 9.82. The molecule has 0 aliphatic carbocycles.